The molecule has 0 saturated carbocycles. The van der Waals surface area contributed by atoms with Gasteiger partial charge in [0.25, 0.3) is 0 Å². The molecule has 1 aromatic heterocycles. The van der Waals surface area contributed by atoms with Gasteiger partial charge in [-0.05, 0) is 54.2 Å². The van der Waals surface area contributed by atoms with E-state index < -0.39 is 0 Å². The first-order chi connectivity index (χ1) is 15.0. The van der Waals surface area contributed by atoms with Crippen LogP contribution in [0.4, 0.5) is 0 Å². The lowest BCUT2D eigenvalue weighted by atomic mass is 9.96. The highest BCUT2D eigenvalue weighted by Gasteiger charge is 2.18. The number of aromatic nitrogens is 2. The number of imidazole rings is 1. The predicted octanol–water partition coefficient (Wildman–Crippen LogP) is 6.77. The lowest BCUT2D eigenvalue weighted by molar-refractivity contribution is 0.296. The molecule has 0 aliphatic heterocycles. The monoisotopic (exact) mass is 412 g/mol. The van der Waals surface area contributed by atoms with E-state index in [0.717, 1.165) is 41.1 Å². The Morgan fingerprint density at radius 1 is 0.871 bits per heavy atom. The Labute approximate surface area is 185 Å². The van der Waals surface area contributed by atoms with Crippen LogP contribution in [0.1, 0.15) is 49.2 Å². The number of rotatable bonds is 8. The van der Waals surface area contributed by atoms with Gasteiger partial charge in [0.15, 0.2) is 0 Å². The van der Waals surface area contributed by atoms with Crippen molar-refractivity contribution < 1.29 is 4.74 Å². The Morgan fingerprint density at radius 2 is 1.58 bits per heavy atom. The van der Waals surface area contributed by atoms with E-state index in [9.17, 15) is 0 Å². The molecule has 0 aliphatic carbocycles. The van der Waals surface area contributed by atoms with Crippen LogP contribution in [0.3, 0.4) is 0 Å². The zero-order valence-electron chi connectivity index (χ0n) is 19.0. The quantitative estimate of drug-likeness (QED) is 0.319. The number of para-hydroxylation sites is 3. The van der Waals surface area contributed by atoms with E-state index in [1.807, 2.05) is 18.2 Å². The highest BCUT2D eigenvalue weighted by molar-refractivity contribution is 5.76. The number of hydrogen-bond donors (Lipinski definition) is 0. The molecule has 1 unspecified atom stereocenters. The first-order valence-electron chi connectivity index (χ1n) is 11.3. The SMILES string of the molecule is Cc1ccccc1OCCn1c(C(C)c2ccc(CC(C)C)cc2)nc2ccccc21. The summed E-state index contributed by atoms with van der Waals surface area (Å²) in [5, 5.41) is 0. The third-order valence-electron chi connectivity index (χ3n) is 5.86. The smallest absolute Gasteiger partial charge is 0.122 e. The zero-order chi connectivity index (χ0) is 21.8. The van der Waals surface area contributed by atoms with E-state index >= 15 is 0 Å². The van der Waals surface area contributed by atoms with Crippen LogP contribution in [0.15, 0.2) is 72.8 Å². The van der Waals surface area contributed by atoms with E-state index in [1.165, 1.54) is 11.1 Å². The van der Waals surface area contributed by atoms with E-state index in [4.69, 9.17) is 9.72 Å². The molecule has 3 nitrogen and oxygen atoms in total. The van der Waals surface area contributed by atoms with Crippen molar-refractivity contribution in [1.29, 1.82) is 0 Å². The fourth-order valence-electron chi connectivity index (χ4n) is 4.19. The van der Waals surface area contributed by atoms with Gasteiger partial charge in [-0.2, -0.15) is 0 Å². The molecule has 3 heteroatoms. The molecule has 0 amide bonds. The molecule has 0 spiro atoms. The molecule has 0 N–H and O–H groups in total. The molecule has 3 aromatic carbocycles. The highest BCUT2D eigenvalue weighted by atomic mass is 16.5. The highest BCUT2D eigenvalue weighted by Crippen LogP contribution is 2.28. The van der Waals surface area contributed by atoms with E-state index in [1.54, 1.807) is 0 Å². The second-order valence-electron chi connectivity index (χ2n) is 8.79. The average molecular weight is 413 g/mol. The van der Waals surface area contributed by atoms with E-state index in [-0.39, 0.29) is 5.92 Å². The van der Waals surface area contributed by atoms with Crippen molar-refractivity contribution in [2.75, 3.05) is 6.61 Å². The molecule has 160 valence electrons. The van der Waals surface area contributed by atoms with Crippen molar-refractivity contribution in [1.82, 2.24) is 9.55 Å². The van der Waals surface area contributed by atoms with Gasteiger partial charge in [0, 0.05) is 5.92 Å². The van der Waals surface area contributed by atoms with Gasteiger partial charge in [-0.1, -0.05) is 75.4 Å². The van der Waals surface area contributed by atoms with Crippen LogP contribution in [0, 0.1) is 12.8 Å². The molecule has 1 atom stereocenters. The Morgan fingerprint density at radius 3 is 2.32 bits per heavy atom. The fraction of sp³-hybridized carbons (Fsp3) is 0.321. The Bertz CT molecular complexity index is 1140. The number of aryl methyl sites for hydroxylation is 1. The van der Waals surface area contributed by atoms with Crippen molar-refractivity contribution in [3.05, 3.63) is 95.3 Å². The minimum atomic E-state index is 0.207. The van der Waals surface area contributed by atoms with Gasteiger partial charge in [-0.3, -0.25) is 0 Å². The standard InChI is InChI=1S/C28H32N2O/c1-20(2)19-23-13-15-24(16-14-23)22(4)28-29-25-10-6-7-11-26(25)30(28)17-18-31-27-12-8-5-9-21(27)3/h5-16,20,22H,17-19H2,1-4H3. The summed E-state index contributed by atoms with van der Waals surface area (Å²) in [7, 11) is 0. The molecular formula is C28H32N2O. The maximum atomic E-state index is 6.10. The minimum absolute atomic E-state index is 0.207. The summed E-state index contributed by atoms with van der Waals surface area (Å²) in [4.78, 5) is 5.01. The van der Waals surface area contributed by atoms with Crippen LogP contribution in [-0.4, -0.2) is 16.2 Å². The lowest BCUT2D eigenvalue weighted by Gasteiger charge is -2.17. The van der Waals surface area contributed by atoms with Gasteiger partial charge in [0.1, 0.15) is 18.2 Å². The van der Waals surface area contributed by atoms with Crippen molar-refractivity contribution in [2.24, 2.45) is 5.92 Å². The van der Waals surface area contributed by atoms with Crippen molar-refractivity contribution >= 4 is 11.0 Å². The third kappa shape index (κ3) is 4.82. The summed E-state index contributed by atoms with van der Waals surface area (Å²) in [6.07, 6.45) is 1.11. The molecule has 0 radical (unpaired) electrons. The first-order valence-corrected chi connectivity index (χ1v) is 11.3. The summed E-state index contributed by atoms with van der Waals surface area (Å²) in [6.45, 7) is 10.2. The number of benzene rings is 3. The van der Waals surface area contributed by atoms with Gasteiger partial charge in [-0.25, -0.2) is 4.98 Å². The molecule has 0 fully saturated rings. The minimum Gasteiger partial charge on any atom is -0.491 e. The summed E-state index contributed by atoms with van der Waals surface area (Å²) >= 11 is 0. The van der Waals surface area contributed by atoms with E-state index in [2.05, 4.69) is 86.9 Å². The Balaban J connectivity index is 1.59. The fourth-order valence-corrected chi connectivity index (χ4v) is 4.19. The van der Waals surface area contributed by atoms with Crippen LogP contribution < -0.4 is 4.74 Å². The number of ether oxygens (including phenoxy) is 1. The maximum Gasteiger partial charge on any atom is 0.122 e. The topological polar surface area (TPSA) is 27.1 Å². The average Bonchev–Trinajstić information content (AvgIpc) is 3.13. The summed E-state index contributed by atoms with van der Waals surface area (Å²) in [6, 6.07) is 25.6. The van der Waals surface area contributed by atoms with Crippen LogP contribution >= 0.6 is 0 Å². The van der Waals surface area contributed by atoms with Crippen molar-refractivity contribution in [3.63, 3.8) is 0 Å². The second-order valence-corrected chi connectivity index (χ2v) is 8.79. The van der Waals surface area contributed by atoms with Crippen LogP contribution in [0.25, 0.3) is 11.0 Å². The molecule has 0 saturated heterocycles. The van der Waals surface area contributed by atoms with E-state index in [0.29, 0.717) is 12.5 Å². The van der Waals surface area contributed by atoms with Crippen LogP contribution in [-0.2, 0) is 13.0 Å². The maximum absolute atomic E-state index is 6.10. The van der Waals surface area contributed by atoms with Gasteiger partial charge < -0.3 is 9.30 Å². The van der Waals surface area contributed by atoms with Gasteiger partial charge >= 0.3 is 0 Å². The predicted molar refractivity (Wildman–Crippen MR) is 129 cm³/mol. The van der Waals surface area contributed by atoms with Gasteiger partial charge in [-0.15, -0.1) is 0 Å². The molecular weight excluding hydrogens is 380 g/mol. The Kier molecular flexibility index (Phi) is 6.41. The summed E-state index contributed by atoms with van der Waals surface area (Å²) < 4.78 is 8.42. The first kappa shape index (κ1) is 21.2. The lowest BCUT2D eigenvalue weighted by Crippen LogP contribution is -2.14. The van der Waals surface area contributed by atoms with Crippen molar-refractivity contribution in [3.8, 4) is 5.75 Å². The molecule has 4 rings (SSSR count). The third-order valence-corrected chi connectivity index (χ3v) is 5.86. The normalized spacial score (nSPS) is 12.4. The molecule has 1 heterocycles. The van der Waals surface area contributed by atoms with Crippen LogP contribution in [0.5, 0.6) is 5.75 Å². The van der Waals surface area contributed by atoms with Crippen LogP contribution in [0.2, 0.25) is 0 Å². The Hall–Kier alpha value is -3.07. The van der Waals surface area contributed by atoms with Gasteiger partial charge in [0.05, 0.1) is 17.6 Å². The number of fused-ring (bicyclic) bond motifs is 1. The van der Waals surface area contributed by atoms with Crippen molar-refractivity contribution in [2.45, 2.75) is 46.6 Å². The molecule has 0 aliphatic rings. The number of nitrogens with zero attached hydrogens (tertiary/aromatic N) is 2. The number of hydrogen-bond acceptors (Lipinski definition) is 2. The molecule has 31 heavy (non-hydrogen) atoms. The summed E-state index contributed by atoms with van der Waals surface area (Å²) in [5.74, 6) is 2.91. The largest absolute Gasteiger partial charge is 0.491 e. The summed E-state index contributed by atoms with van der Waals surface area (Å²) in [5.41, 5.74) is 6.05. The molecule has 0 bridgehead atoms. The second kappa shape index (κ2) is 9.38. The zero-order valence-corrected chi connectivity index (χ0v) is 19.0. The van der Waals surface area contributed by atoms with Gasteiger partial charge in [0.2, 0.25) is 0 Å². The molecule has 4 aromatic rings.